The van der Waals surface area contributed by atoms with E-state index in [0.29, 0.717) is 12.5 Å². The fourth-order valence-electron chi connectivity index (χ4n) is 3.00. The highest BCUT2D eigenvalue weighted by molar-refractivity contribution is 6.31. The van der Waals surface area contributed by atoms with Gasteiger partial charge >= 0.3 is 0 Å². The van der Waals surface area contributed by atoms with Crippen molar-refractivity contribution in [1.82, 2.24) is 5.32 Å². The quantitative estimate of drug-likeness (QED) is 0.642. The number of benzene rings is 1. The Hall–Kier alpha value is -1.66. The molecule has 120 valence electrons. The lowest BCUT2D eigenvalue weighted by molar-refractivity contribution is -0.385. The van der Waals surface area contributed by atoms with Crippen molar-refractivity contribution in [3.8, 4) is 0 Å². The molecule has 1 aromatic carbocycles. The van der Waals surface area contributed by atoms with Crippen molar-refractivity contribution in [3.63, 3.8) is 0 Å². The highest BCUT2D eigenvalue weighted by Gasteiger charge is 2.27. The minimum atomic E-state index is -0.598. The Labute approximate surface area is 134 Å². The number of carbonyl (C=O) groups excluding carboxylic acids is 1. The average molecular weight is 326 g/mol. The van der Waals surface area contributed by atoms with Crippen LogP contribution in [0.25, 0.3) is 0 Å². The molecule has 1 amide bonds. The number of nitrogens with one attached hydrogen (secondary N) is 1. The molecule has 1 aromatic rings. The lowest BCUT2D eigenvalue weighted by atomic mass is 9.84. The van der Waals surface area contributed by atoms with E-state index in [9.17, 15) is 14.9 Å². The first-order chi connectivity index (χ1) is 10.5. The van der Waals surface area contributed by atoms with Gasteiger partial charge in [-0.2, -0.15) is 0 Å². The van der Waals surface area contributed by atoms with Crippen LogP contribution in [0.3, 0.4) is 0 Å². The molecular formula is C15H20ClN3O3. The van der Waals surface area contributed by atoms with Crippen molar-refractivity contribution in [3.05, 3.63) is 38.9 Å². The van der Waals surface area contributed by atoms with Crippen molar-refractivity contribution in [2.45, 2.75) is 38.1 Å². The molecular weight excluding hydrogens is 306 g/mol. The molecule has 1 aliphatic rings. The van der Waals surface area contributed by atoms with Gasteiger partial charge in [-0.05, 0) is 30.9 Å². The lowest BCUT2D eigenvalue weighted by Crippen LogP contribution is -2.46. The number of carbonyl (C=O) groups is 1. The zero-order valence-corrected chi connectivity index (χ0v) is 13.0. The van der Waals surface area contributed by atoms with E-state index in [-0.39, 0.29) is 22.3 Å². The molecule has 1 aliphatic carbocycles. The summed E-state index contributed by atoms with van der Waals surface area (Å²) in [5.41, 5.74) is 5.51. The summed E-state index contributed by atoms with van der Waals surface area (Å²) in [5, 5.41) is 14.2. The van der Waals surface area contributed by atoms with Crippen LogP contribution in [0.4, 0.5) is 5.69 Å². The normalized spacial score (nSPS) is 17.0. The van der Waals surface area contributed by atoms with Crippen molar-refractivity contribution in [2.24, 2.45) is 11.7 Å². The summed E-state index contributed by atoms with van der Waals surface area (Å²) < 4.78 is 0. The summed E-state index contributed by atoms with van der Waals surface area (Å²) in [4.78, 5) is 22.9. The van der Waals surface area contributed by atoms with Gasteiger partial charge in [0, 0.05) is 23.7 Å². The Bertz CT molecular complexity index is 559. The second-order valence-electron chi connectivity index (χ2n) is 5.63. The number of hydrogen-bond donors (Lipinski definition) is 2. The van der Waals surface area contributed by atoms with Gasteiger partial charge in [-0.3, -0.25) is 14.9 Å². The van der Waals surface area contributed by atoms with E-state index in [4.69, 9.17) is 17.3 Å². The van der Waals surface area contributed by atoms with Crippen LogP contribution < -0.4 is 11.1 Å². The molecule has 6 nitrogen and oxygen atoms in total. The molecule has 0 radical (unpaired) electrons. The van der Waals surface area contributed by atoms with E-state index < -0.39 is 10.8 Å². The van der Waals surface area contributed by atoms with Crippen molar-refractivity contribution in [2.75, 3.05) is 6.54 Å². The fraction of sp³-hybridized carbons (Fsp3) is 0.533. The molecule has 1 unspecified atom stereocenters. The SMILES string of the molecule is NCC(NC(=O)c1ccc(Cl)cc1[N+](=O)[O-])C1CCCCC1. The van der Waals surface area contributed by atoms with E-state index in [0.717, 1.165) is 25.7 Å². The van der Waals surface area contributed by atoms with E-state index in [2.05, 4.69) is 5.32 Å². The van der Waals surface area contributed by atoms with Crippen LogP contribution in [-0.2, 0) is 0 Å². The van der Waals surface area contributed by atoms with Crippen LogP contribution in [0.5, 0.6) is 0 Å². The average Bonchev–Trinajstić information content (AvgIpc) is 2.53. The molecule has 1 fully saturated rings. The van der Waals surface area contributed by atoms with Crippen LogP contribution >= 0.6 is 11.6 Å². The number of amides is 1. The van der Waals surface area contributed by atoms with Gasteiger partial charge in [-0.25, -0.2) is 0 Å². The van der Waals surface area contributed by atoms with Gasteiger partial charge in [0.05, 0.1) is 4.92 Å². The van der Waals surface area contributed by atoms with Crippen molar-refractivity contribution in [1.29, 1.82) is 0 Å². The molecule has 0 saturated heterocycles. The largest absolute Gasteiger partial charge is 0.348 e. The molecule has 0 aliphatic heterocycles. The van der Waals surface area contributed by atoms with Crippen LogP contribution in [-0.4, -0.2) is 23.4 Å². The molecule has 0 aromatic heterocycles. The van der Waals surface area contributed by atoms with Crippen LogP contribution in [0.15, 0.2) is 18.2 Å². The summed E-state index contributed by atoms with van der Waals surface area (Å²) in [6.07, 6.45) is 5.55. The minimum Gasteiger partial charge on any atom is -0.348 e. The maximum Gasteiger partial charge on any atom is 0.283 e. The summed E-state index contributed by atoms with van der Waals surface area (Å²) in [6, 6.07) is 3.89. The topological polar surface area (TPSA) is 98.3 Å². The Balaban J connectivity index is 2.15. The van der Waals surface area contributed by atoms with E-state index in [1.165, 1.54) is 24.6 Å². The van der Waals surface area contributed by atoms with E-state index in [1.807, 2.05) is 0 Å². The van der Waals surface area contributed by atoms with E-state index in [1.54, 1.807) is 0 Å². The number of nitrogens with zero attached hydrogens (tertiary/aromatic N) is 1. The predicted octanol–water partition coefficient (Wildman–Crippen LogP) is 2.89. The lowest BCUT2D eigenvalue weighted by Gasteiger charge is -2.30. The molecule has 22 heavy (non-hydrogen) atoms. The number of nitro groups is 1. The van der Waals surface area contributed by atoms with Gasteiger partial charge in [0.2, 0.25) is 0 Å². The molecule has 0 bridgehead atoms. The molecule has 7 heteroatoms. The highest BCUT2D eigenvalue weighted by Crippen LogP contribution is 2.27. The molecule has 3 N–H and O–H groups in total. The number of nitro benzene ring substituents is 1. The fourth-order valence-corrected chi connectivity index (χ4v) is 3.17. The summed E-state index contributed by atoms with van der Waals surface area (Å²) in [5.74, 6) is -0.126. The third kappa shape index (κ3) is 3.96. The second kappa shape index (κ2) is 7.56. The maximum atomic E-state index is 12.4. The first-order valence-electron chi connectivity index (χ1n) is 7.47. The van der Waals surface area contributed by atoms with Crippen LogP contribution in [0, 0.1) is 16.0 Å². The maximum absolute atomic E-state index is 12.4. The first kappa shape index (κ1) is 16.7. The van der Waals surface area contributed by atoms with Crippen LogP contribution in [0.1, 0.15) is 42.5 Å². The Kier molecular flexibility index (Phi) is 5.74. The molecule has 2 rings (SSSR count). The van der Waals surface area contributed by atoms with Crippen molar-refractivity contribution >= 4 is 23.2 Å². The third-order valence-electron chi connectivity index (χ3n) is 4.19. The predicted molar refractivity (Wildman–Crippen MR) is 85.0 cm³/mol. The summed E-state index contributed by atoms with van der Waals surface area (Å²) in [6.45, 7) is 0.331. The monoisotopic (exact) mass is 325 g/mol. The minimum absolute atomic E-state index is 0.0173. The Morgan fingerprint density at radius 1 is 1.41 bits per heavy atom. The van der Waals surface area contributed by atoms with E-state index >= 15 is 0 Å². The zero-order chi connectivity index (χ0) is 16.1. The first-order valence-corrected chi connectivity index (χ1v) is 7.85. The summed E-state index contributed by atoms with van der Waals surface area (Å²) >= 11 is 5.76. The van der Waals surface area contributed by atoms with Gasteiger partial charge in [0.1, 0.15) is 5.56 Å². The number of rotatable bonds is 5. The van der Waals surface area contributed by atoms with Gasteiger partial charge in [-0.15, -0.1) is 0 Å². The highest BCUT2D eigenvalue weighted by atomic mass is 35.5. The molecule has 0 heterocycles. The molecule has 0 spiro atoms. The molecule has 1 saturated carbocycles. The smallest absolute Gasteiger partial charge is 0.283 e. The van der Waals surface area contributed by atoms with Gasteiger partial charge in [0.15, 0.2) is 0 Å². The van der Waals surface area contributed by atoms with Gasteiger partial charge in [0.25, 0.3) is 11.6 Å². The van der Waals surface area contributed by atoms with Crippen LogP contribution in [0.2, 0.25) is 5.02 Å². The Morgan fingerprint density at radius 2 is 2.09 bits per heavy atom. The zero-order valence-electron chi connectivity index (χ0n) is 12.3. The number of halogens is 1. The third-order valence-corrected chi connectivity index (χ3v) is 4.43. The standard InChI is InChI=1S/C15H20ClN3O3/c16-11-6-7-12(14(8-11)19(21)22)15(20)18-13(9-17)10-4-2-1-3-5-10/h6-8,10,13H,1-5,9,17H2,(H,18,20). The summed E-state index contributed by atoms with van der Waals surface area (Å²) in [7, 11) is 0. The molecule has 1 atom stereocenters. The second-order valence-corrected chi connectivity index (χ2v) is 6.07. The Morgan fingerprint density at radius 3 is 2.68 bits per heavy atom. The van der Waals surface area contributed by atoms with Gasteiger partial charge in [-0.1, -0.05) is 30.9 Å². The van der Waals surface area contributed by atoms with Crippen molar-refractivity contribution < 1.29 is 9.72 Å². The number of nitrogens with two attached hydrogens (primary N) is 1. The number of hydrogen-bond acceptors (Lipinski definition) is 4. The van der Waals surface area contributed by atoms with Gasteiger partial charge < -0.3 is 11.1 Å².